The minimum absolute atomic E-state index is 0.0469. The minimum atomic E-state index is -0.358. The number of aliphatic hydroxyl groups is 1. The predicted octanol–water partition coefficient (Wildman–Crippen LogP) is 1.34. The van der Waals surface area contributed by atoms with E-state index in [1.165, 1.54) is 0 Å². The van der Waals surface area contributed by atoms with Gasteiger partial charge in [0.1, 0.15) is 0 Å². The highest BCUT2D eigenvalue weighted by molar-refractivity contribution is 7.98. The zero-order valence-electron chi connectivity index (χ0n) is 9.92. The molecule has 0 bridgehead atoms. The molecule has 0 atom stereocenters. The second kappa shape index (κ2) is 7.01. The van der Waals surface area contributed by atoms with Gasteiger partial charge in [0.05, 0.1) is 12.1 Å². The molecule has 0 aliphatic heterocycles. The Bertz CT molecular complexity index is 218. The highest BCUT2D eigenvalue weighted by Crippen LogP contribution is 2.28. The van der Waals surface area contributed by atoms with Crippen LogP contribution < -0.4 is 10.6 Å². The van der Waals surface area contributed by atoms with Gasteiger partial charge in [-0.2, -0.15) is 11.8 Å². The summed E-state index contributed by atoms with van der Waals surface area (Å²) in [5.74, 6) is 1.06. The lowest BCUT2D eigenvalue weighted by molar-refractivity contribution is 0.163. The zero-order chi connectivity index (χ0) is 11.9. The van der Waals surface area contributed by atoms with Gasteiger partial charge in [-0.1, -0.05) is 12.8 Å². The molecule has 1 fully saturated rings. The van der Waals surface area contributed by atoms with Gasteiger partial charge in [0.15, 0.2) is 0 Å². The van der Waals surface area contributed by atoms with Crippen molar-refractivity contribution in [3.63, 3.8) is 0 Å². The van der Waals surface area contributed by atoms with Gasteiger partial charge in [-0.25, -0.2) is 4.79 Å². The molecule has 1 aliphatic carbocycles. The first-order valence-corrected chi connectivity index (χ1v) is 7.28. The Kier molecular flexibility index (Phi) is 5.98. The van der Waals surface area contributed by atoms with Crippen LogP contribution in [-0.2, 0) is 0 Å². The number of amides is 2. The maximum atomic E-state index is 11.6. The highest BCUT2D eigenvalue weighted by atomic mass is 32.2. The fourth-order valence-electron chi connectivity index (χ4n) is 2.08. The molecule has 1 saturated carbocycles. The summed E-state index contributed by atoms with van der Waals surface area (Å²) in [6, 6.07) is -0.142. The molecule has 3 N–H and O–H groups in total. The van der Waals surface area contributed by atoms with Gasteiger partial charge in [-0.15, -0.1) is 0 Å². The molecule has 0 heterocycles. The molecule has 0 aromatic heterocycles. The van der Waals surface area contributed by atoms with E-state index in [0.29, 0.717) is 6.54 Å². The number of carbonyl (C=O) groups excluding carboxylic acids is 1. The predicted molar refractivity (Wildman–Crippen MR) is 67.8 cm³/mol. The average molecular weight is 246 g/mol. The molecular formula is C11H22N2O2S. The van der Waals surface area contributed by atoms with Crippen molar-refractivity contribution < 1.29 is 9.90 Å². The second-order valence-corrected chi connectivity index (χ2v) is 5.36. The normalized spacial score (nSPS) is 18.4. The zero-order valence-corrected chi connectivity index (χ0v) is 10.7. The Morgan fingerprint density at radius 1 is 1.44 bits per heavy atom. The Morgan fingerprint density at radius 2 is 2.12 bits per heavy atom. The fourth-order valence-corrected chi connectivity index (χ4v) is 2.51. The van der Waals surface area contributed by atoms with E-state index in [0.717, 1.165) is 37.9 Å². The van der Waals surface area contributed by atoms with E-state index in [4.69, 9.17) is 0 Å². The van der Waals surface area contributed by atoms with Crippen molar-refractivity contribution in [3.8, 4) is 0 Å². The van der Waals surface area contributed by atoms with Crippen LogP contribution in [0, 0.1) is 0 Å². The molecule has 5 heteroatoms. The van der Waals surface area contributed by atoms with Gasteiger partial charge in [-0.05, 0) is 31.3 Å². The second-order valence-electron chi connectivity index (χ2n) is 4.37. The van der Waals surface area contributed by atoms with Crippen molar-refractivity contribution in [1.82, 2.24) is 10.6 Å². The van der Waals surface area contributed by atoms with Gasteiger partial charge in [0.2, 0.25) is 0 Å². The molecule has 0 saturated heterocycles. The maximum Gasteiger partial charge on any atom is 0.315 e. The van der Waals surface area contributed by atoms with Crippen LogP contribution in [0.3, 0.4) is 0 Å². The van der Waals surface area contributed by atoms with Crippen LogP contribution in [0.1, 0.15) is 32.1 Å². The molecule has 16 heavy (non-hydrogen) atoms. The molecule has 1 aliphatic rings. The third-order valence-electron chi connectivity index (χ3n) is 3.05. The van der Waals surface area contributed by atoms with Crippen molar-refractivity contribution in [2.45, 2.75) is 37.6 Å². The van der Waals surface area contributed by atoms with Crippen molar-refractivity contribution >= 4 is 17.8 Å². The number of nitrogens with one attached hydrogen (secondary N) is 2. The molecule has 0 radical (unpaired) electrons. The maximum absolute atomic E-state index is 11.6. The van der Waals surface area contributed by atoms with Crippen LogP contribution in [0.5, 0.6) is 0 Å². The van der Waals surface area contributed by atoms with E-state index < -0.39 is 0 Å². The SMILES string of the molecule is CSCCCNC(=O)NC1(CO)CCCC1. The van der Waals surface area contributed by atoms with E-state index >= 15 is 0 Å². The van der Waals surface area contributed by atoms with Crippen LogP contribution in [0.15, 0.2) is 0 Å². The first-order valence-electron chi connectivity index (χ1n) is 5.88. The Morgan fingerprint density at radius 3 is 2.69 bits per heavy atom. The smallest absolute Gasteiger partial charge is 0.315 e. The first-order chi connectivity index (χ1) is 7.72. The number of hydrogen-bond acceptors (Lipinski definition) is 3. The molecule has 0 spiro atoms. The lowest BCUT2D eigenvalue weighted by atomic mass is 9.99. The number of thioether (sulfide) groups is 1. The van der Waals surface area contributed by atoms with Crippen LogP contribution in [-0.4, -0.2) is 41.8 Å². The number of carbonyl (C=O) groups is 1. The Hall–Kier alpha value is -0.420. The molecule has 94 valence electrons. The molecule has 0 unspecified atom stereocenters. The summed E-state index contributed by atoms with van der Waals surface area (Å²) in [5.41, 5.74) is -0.358. The summed E-state index contributed by atoms with van der Waals surface area (Å²) in [6.07, 6.45) is 7.00. The highest BCUT2D eigenvalue weighted by Gasteiger charge is 2.34. The largest absolute Gasteiger partial charge is 0.394 e. The van der Waals surface area contributed by atoms with Crippen molar-refractivity contribution in [3.05, 3.63) is 0 Å². The lowest BCUT2D eigenvalue weighted by Gasteiger charge is -2.27. The van der Waals surface area contributed by atoms with Crippen LogP contribution in [0.4, 0.5) is 4.79 Å². The summed E-state index contributed by atoms with van der Waals surface area (Å²) in [4.78, 5) is 11.6. The molecule has 4 nitrogen and oxygen atoms in total. The van der Waals surface area contributed by atoms with E-state index in [1.54, 1.807) is 11.8 Å². The topological polar surface area (TPSA) is 61.4 Å². The standard InChI is InChI=1S/C11H22N2O2S/c1-16-8-4-7-12-10(15)13-11(9-14)5-2-3-6-11/h14H,2-9H2,1H3,(H2,12,13,15). The van der Waals surface area contributed by atoms with E-state index in [2.05, 4.69) is 16.9 Å². The number of rotatable bonds is 6. The third kappa shape index (κ3) is 4.22. The van der Waals surface area contributed by atoms with E-state index in [1.807, 2.05) is 0 Å². The van der Waals surface area contributed by atoms with Crippen molar-refractivity contribution in [1.29, 1.82) is 0 Å². The van der Waals surface area contributed by atoms with Crippen LogP contribution >= 0.6 is 11.8 Å². The van der Waals surface area contributed by atoms with Gasteiger partial charge in [-0.3, -0.25) is 0 Å². The fraction of sp³-hybridized carbons (Fsp3) is 0.909. The van der Waals surface area contributed by atoms with Crippen molar-refractivity contribution in [2.24, 2.45) is 0 Å². The number of urea groups is 1. The molecule has 0 aromatic rings. The first kappa shape index (κ1) is 13.6. The van der Waals surface area contributed by atoms with Gasteiger partial charge in [0.25, 0.3) is 0 Å². The third-order valence-corrected chi connectivity index (χ3v) is 3.75. The number of hydrogen-bond donors (Lipinski definition) is 3. The Balaban J connectivity index is 2.21. The van der Waals surface area contributed by atoms with Gasteiger partial charge in [0, 0.05) is 6.54 Å². The van der Waals surface area contributed by atoms with Crippen LogP contribution in [0.25, 0.3) is 0 Å². The average Bonchev–Trinajstić information content (AvgIpc) is 2.74. The van der Waals surface area contributed by atoms with E-state index in [-0.39, 0.29) is 18.2 Å². The van der Waals surface area contributed by atoms with Crippen molar-refractivity contribution in [2.75, 3.05) is 25.2 Å². The lowest BCUT2D eigenvalue weighted by Crippen LogP contribution is -2.53. The molecule has 0 aromatic carbocycles. The van der Waals surface area contributed by atoms with Gasteiger partial charge >= 0.3 is 6.03 Å². The van der Waals surface area contributed by atoms with Gasteiger partial charge < -0.3 is 15.7 Å². The molecule has 1 rings (SSSR count). The summed E-state index contributed by atoms with van der Waals surface area (Å²) >= 11 is 1.78. The molecule has 2 amide bonds. The Labute approximate surface area is 102 Å². The molecular weight excluding hydrogens is 224 g/mol. The van der Waals surface area contributed by atoms with E-state index in [9.17, 15) is 9.90 Å². The van der Waals surface area contributed by atoms with Crippen LogP contribution in [0.2, 0.25) is 0 Å². The quantitative estimate of drug-likeness (QED) is 0.620. The monoisotopic (exact) mass is 246 g/mol. The summed E-state index contributed by atoms with van der Waals surface area (Å²) in [6.45, 7) is 0.749. The summed E-state index contributed by atoms with van der Waals surface area (Å²) in [7, 11) is 0. The summed E-state index contributed by atoms with van der Waals surface area (Å²) in [5, 5.41) is 15.1. The summed E-state index contributed by atoms with van der Waals surface area (Å²) < 4.78 is 0. The number of aliphatic hydroxyl groups excluding tert-OH is 1. The minimum Gasteiger partial charge on any atom is -0.394 e.